The van der Waals surface area contributed by atoms with Gasteiger partial charge in [0.1, 0.15) is 0 Å². The molecule has 0 aromatic rings. The van der Waals surface area contributed by atoms with Gasteiger partial charge in [-0.2, -0.15) is 0 Å². The zero-order valence-corrected chi connectivity index (χ0v) is 8.68. The Bertz CT molecular complexity index is 197. The molecule has 2 rings (SSSR count). The minimum atomic E-state index is 0.451. The first-order chi connectivity index (χ1) is 5.52. The second-order valence-corrected chi connectivity index (χ2v) is 5.33. The maximum Gasteiger partial charge on any atom is 0.0632 e. The summed E-state index contributed by atoms with van der Waals surface area (Å²) in [5, 5.41) is 0. The molecule has 0 saturated heterocycles. The molecule has 0 spiro atoms. The number of hydrogen-bond acceptors (Lipinski definition) is 1. The Morgan fingerprint density at radius 2 is 1.92 bits per heavy atom. The molecule has 70 valence electrons. The molecule has 3 atom stereocenters. The predicted octanol–water partition coefficient (Wildman–Crippen LogP) is 2.85. The van der Waals surface area contributed by atoms with Gasteiger partial charge in [0.15, 0.2) is 0 Å². The average molecular weight is 168 g/mol. The minimum absolute atomic E-state index is 0.451. The summed E-state index contributed by atoms with van der Waals surface area (Å²) in [5.41, 5.74) is 0.958. The molecule has 2 aliphatic carbocycles. The summed E-state index contributed by atoms with van der Waals surface area (Å²) in [6.07, 6.45) is 4.60. The fourth-order valence-electron chi connectivity index (χ4n) is 3.49. The SMILES string of the molecule is CO[C@H]1C[C@H]2CC[C@@]1(C)C2(C)C. The molecule has 2 saturated carbocycles. The maximum atomic E-state index is 5.58. The summed E-state index contributed by atoms with van der Waals surface area (Å²) >= 11 is 0. The van der Waals surface area contributed by atoms with Crippen LogP contribution in [0.4, 0.5) is 0 Å². The highest BCUT2D eigenvalue weighted by molar-refractivity contribution is 5.10. The molecular weight excluding hydrogens is 148 g/mol. The van der Waals surface area contributed by atoms with Gasteiger partial charge in [-0.25, -0.2) is 0 Å². The molecule has 0 amide bonds. The van der Waals surface area contributed by atoms with Crippen molar-refractivity contribution in [3.05, 3.63) is 0 Å². The molecule has 12 heavy (non-hydrogen) atoms. The summed E-state index contributed by atoms with van der Waals surface area (Å²) < 4.78 is 5.58. The van der Waals surface area contributed by atoms with Gasteiger partial charge in [0.25, 0.3) is 0 Å². The van der Waals surface area contributed by atoms with E-state index in [0.29, 0.717) is 16.9 Å². The summed E-state index contributed by atoms with van der Waals surface area (Å²) in [5.74, 6) is 0.910. The standard InChI is InChI=1S/C11H20O/c1-10(2)8-5-6-11(10,3)9(7-8)12-4/h8-9H,5-7H2,1-4H3/t8-,9+,11-/m1/s1. The molecule has 0 radical (unpaired) electrons. The lowest BCUT2D eigenvalue weighted by atomic mass is 9.70. The van der Waals surface area contributed by atoms with Gasteiger partial charge in [-0.1, -0.05) is 20.8 Å². The molecule has 0 heterocycles. The van der Waals surface area contributed by atoms with E-state index in [0.717, 1.165) is 5.92 Å². The van der Waals surface area contributed by atoms with Gasteiger partial charge in [-0.3, -0.25) is 0 Å². The van der Waals surface area contributed by atoms with Crippen LogP contribution in [0, 0.1) is 16.7 Å². The highest BCUT2D eigenvalue weighted by atomic mass is 16.5. The van der Waals surface area contributed by atoms with Gasteiger partial charge in [0, 0.05) is 7.11 Å². The topological polar surface area (TPSA) is 9.23 Å². The minimum Gasteiger partial charge on any atom is -0.381 e. The second kappa shape index (κ2) is 2.25. The Kier molecular flexibility index (Phi) is 1.61. The molecule has 2 bridgehead atoms. The van der Waals surface area contributed by atoms with Crippen LogP contribution in [0.2, 0.25) is 0 Å². The first-order valence-electron chi connectivity index (χ1n) is 5.05. The zero-order valence-electron chi connectivity index (χ0n) is 8.68. The first kappa shape index (κ1) is 8.55. The second-order valence-electron chi connectivity index (χ2n) is 5.33. The fourth-order valence-corrected chi connectivity index (χ4v) is 3.49. The summed E-state index contributed by atoms with van der Waals surface area (Å²) in [4.78, 5) is 0. The normalized spacial score (nSPS) is 50.0. The van der Waals surface area contributed by atoms with Crippen LogP contribution in [-0.2, 0) is 4.74 Å². The molecular formula is C11H20O. The fraction of sp³-hybridized carbons (Fsp3) is 1.00. The number of rotatable bonds is 1. The molecule has 1 heteroatoms. The van der Waals surface area contributed by atoms with Crippen molar-refractivity contribution < 1.29 is 4.74 Å². The zero-order chi connectivity index (χ0) is 8.98. The van der Waals surface area contributed by atoms with Gasteiger partial charge < -0.3 is 4.74 Å². The van der Waals surface area contributed by atoms with Crippen LogP contribution in [0.25, 0.3) is 0 Å². The van der Waals surface area contributed by atoms with Crippen LogP contribution in [-0.4, -0.2) is 13.2 Å². The van der Waals surface area contributed by atoms with Gasteiger partial charge in [0.05, 0.1) is 6.10 Å². The monoisotopic (exact) mass is 168 g/mol. The van der Waals surface area contributed by atoms with Crippen LogP contribution in [0.1, 0.15) is 40.0 Å². The third kappa shape index (κ3) is 0.736. The van der Waals surface area contributed by atoms with Crippen molar-refractivity contribution in [1.82, 2.24) is 0 Å². The number of hydrogen-bond donors (Lipinski definition) is 0. The van der Waals surface area contributed by atoms with Crippen molar-refractivity contribution in [2.45, 2.75) is 46.1 Å². The summed E-state index contributed by atoms with van der Waals surface area (Å²) in [7, 11) is 1.87. The highest BCUT2D eigenvalue weighted by Gasteiger charge is 2.61. The van der Waals surface area contributed by atoms with Crippen molar-refractivity contribution in [3.63, 3.8) is 0 Å². The third-order valence-electron chi connectivity index (χ3n) is 5.00. The van der Waals surface area contributed by atoms with Crippen LogP contribution in [0.15, 0.2) is 0 Å². The molecule has 1 nitrogen and oxygen atoms in total. The van der Waals surface area contributed by atoms with Crippen molar-refractivity contribution in [1.29, 1.82) is 0 Å². The van der Waals surface area contributed by atoms with Gasteiger partial charge in [0.2, 0.25) is 0 Å². The third-order valence-corrected chi connectivity index (χ3v) is 5.00. The Hall–Kier alpha value is -0.0400. The molecule has 2 aliphatic rings. The van der Waals surface area contributed by atoms with Gasteiger partial charge in [-0.05, 0) is 36.0 Å². The Balaban J connectivity index is 2.33. The summed E-state index contributed by atoms with van der Waals surface area (Å²) in [6, 6.07) is 0. The van der Waals surface area contributed by atoms with E-state index < -0.39 is 0 Å². The van der Waals surface area contributed by atoms with E-state index >= 15 is 0 Å². The van der Waals surface area contributed by atoms with E-state index in [-0.39, 0.29) is 0 Å². The van der Waals surface area contributed by atoms with Crippen LogP contribution < -0.4 is 0 Å². The van der Waals surface area contributed by atoms with Gasteiger partial charge >= 0.3 is 0 Å². The molecule has 2 fully saturated rings. The number of ether oxygens (including phenoxy) is 1. The van der Waals surface area contributed by atoms with E-state index in [1.165, 1.54) is 19.3 Å². The van der Waals surface area contributed by atoms with E-state index in [4.69, 9.17) is 4.74 Å². The largest absolute Gasteiger partial charge is 0.381 e. The van der Waals surface area contributed by atoms with Crippen molar-refractivity contribution >= 4 is 0 Å². The predicted molar refractivity (Wildman–Crippen MR) is 50.0 cm³/mol. The van der Waals surface area contributed by atoms with E-state index in [1.54, 1.807) is 0 Å². The van der Waals surface area contributed by atoms with Crippen molar-refractivity contribution in [2.24, 2.45) is 16.7 Å². The lowest BCUT2D eigenvalue weighted by molar-refractivity contribution is -0.0200. The van der Waals surface area contributed by atoms with Crippen molar-refractivity contribution in [2.75, 3.05) is 7.11 Å². The molecule has 0 N–H and O–H groups in total. The number of methoxy groups -OCH3 is 1. The van der Waals surface area contributed by atoms with E-state index in [9.17, 15) is 0 Å². The molecule has 0 aromatic heterocycles. The van der Waals surface area contributed by atoms with Crippen LogP contribution in [0.3, 0.4) is 0 Å². The lowest BCUT2D eigenvalue weighted by Gasteiger charge is -2.38. The van der Waals surface area contributed by atoms with Crippen LogP contribution in [0.5, 0.6) is 0 Å². The Morgan fingerprint density at radius 3 is 2.17 bits per heavy atom. The van der Waals surface area contributed by atoms with Crippen molar-refractivity contribution in [3.8, 4) is 0 Å². The smallest absolute Gasteiger partial charge is 0.0632 e. The maximum absolute atomic E-state index is 5.58. The highest BCUT2D eigenvalue weighted by Crippen LogP contribution is 2.66. The average Bonchev–Trinajstić information content (AvgIpc) is 2.34. The Morgan fingerprint density at radius 1 is 1.25 bits per heavy atom. The number of fused-ring (bicyclic) bond motifs is 2. The molecule has 0 unspecified atom stereocenters. The summed E-state index contributed by atoms with van der Waals surface area (Å²) in [6.45, 7) is 7.25. The quantitative estimate of drug-likeness (QED) is 0.585. The first-order valence-corrected chi connectivity index (χ1v) is 5.05. The van der Waals surface area contributed by atoms with Crippen LogP contribution >= 0.6 is 0 Å². The Labute approximate surface area is 75.5 Å². The lowest BCUT2D eigenvalue weighted by Crippen LogP contribution is -2.36. The van der Waals surface area contributed by atoms with E-state index in [1.807, 2.05) is 7.11 Å². The molecule has 0 aromatic carbocycles. The van der Waals surface area contributed by atoms with E-state index in [2.05, 4.69) is 20.8 Å². The molecule has 0 aliphatic heterocycles. The van der Waals surface area contributed by atoms with Gasteiger partial charge in [-0.15, -0.1) is 0 Å².